The van der Waals surface area contributed by atoms with E-state index in [1.165, 1.54) is 6.07 Å². The highest BCUT2D eigenvalue weighted by Gasteiger charge is 2.60. The van der Waals surface area contributed by atoms with Gasteiger partial charge in [0.15, 0.2) is 5.78 Å². The smallest absolute Gasteiger partial charge is 0.248 e. The third-order valence-corrected chi connectivity index (χ3v) is 6.56. The average molecular weight is 400 g/mol. The fourth-order valence-electron chi connectivity index (χ4n) is 5.27. The molecule has 0 aromatic heterocycles. The predicted molar refractivity (Wildman–Crippen MR) is 104 cm³/mol. The van der Waals surface area contributed by atoms with Crippen molar-refractivity contribution in [2.24, 2.45) is 17.6 Å². The highest BCUT2D eigenvalue weighted by Crippen LogP contribution is 2.52. The molecule has 0 unspecified atom stereocenters. The number of aliphatic hydroxyl groups is 3. The number of rotatable bonds is 2. The standard InChI is InChI=1S/C21H24N2O6/c1-23(2)16-12-7-10-6-9-4-3-5-13(24)14(9)18(26)15(10)19(27)21(12,29)8-11(17(16)25)20(22)28/h3-5,10,12,16,24-26,29H,6-8H2,1-2H3,(H2,22,28)/t10-,12-,16-,21-/m0/s1. The van der Waals surface area contributed by atoms with Gasteiger partial charge in [-0.05, 0) is 44.5 Å². The van der Waals surface area contributed by atoms with E-state index in [2.05, 4.69) is 0 Å². The number of hydrogen-bond acceptors (Lipinski definition) is 7. The molecule has 154 valence electrons. The second-order valence-corrected chi connectivity index (χ2v) is 8.38. The van der Waals surface area contributed by atoms with Gasteiger partial charge in [-0.2, -0.15) is 0 Å². The molecule has 8 nitrogen and oxygen atoms in total. The molecule has 3 aliphatic carbocycles. The summed E-state index contributed by atoms with van der Waals surface area (Å²) >= 11 is 0. The number of aliphatic hydroxyl groups excluding tert-OH is 2. The van der Waals surface area contributed by atoms with Gasteiger partial charge in [0.05, 0.1) is 17.2 Å². The number of benzene rings is 1. The number of hydrogen-bond donors (Lipinski definition) is 5. The van der Waals surface area contributed by atoms with E-state index in [1.54, 1.807) is 31.1 Å². The van der Waals surface area contributed by atoms with Crippen LogP contribution in [0.1, 0.15) is 24.0 Å². The van der Waals surface area contributed by atoms with Gasteiger partial charge in [-0.25, -0.2) is 0 Å². The lowest BCUT2D eigenvalue weighted by Gasteiger charge is -2.51. The Kier molecular flexibility index (Phi) is 4.25. The summed E-state index contributed by atoms with van der Waals surface area (Å²) < 4.78 is 0. The Morgan fingerprint density at radius 1 is 1.24 bits per heavy atom. The molecular formula is C21H24N2O6. The summed E-state index contributed by atoms with van der Waals surface area (Å²) in [6.45, 7) is 0. The minimum atomic E-state index is -1.99. The minimum absolute atomic E-state index is 0.0560. The van der Waals surface area contributed by atoms with E-state index in [0.29, 0.717) is 18.4 Å². The van der Waals surface area contributed by atoms with E-state index >= 15 is 0 Å². The molecule has 0 spiro atoms. The van der Waals surface area contributed by atoms with Crippen LogP contribution in [0.25, 0.3) is 5.76 Å². The number of primary amides is 1. The number of fused-ring (bicyclic) bond motifs is 3. The largest absolute Gasteiger partial charge is 0.510 e. The number of carbonyl (C=O) groups excluding carboxylic acids is 2. The molecule has 0 radical (unpaired) electrons. The van der Waals surface area contributed by atoms with Crippen LogP contribution in [0.4, 0.5) is 0 Å². The zero-order valence-electron chi connectivity index (χ0n) is 16.2. The van der Waals surface area contributed by atoms with Gasteiger partial charge in [-0.3, -0.25) is 14.5 Å². The second kappa shape index (κ2) is 6.33. The number of aromatic hydroxyl groups is 1. The molecule has 1 saturated carbocycles. The molecule has 1 fully saturated rings. The van der Waals surface area contributed by atoms with Crippen LogP contribution in [0, 0.1) is 11.8 Å². The summed E-state index contributed by atoms with van der Waals surface area (Å²) in [5, 5.41) is 43.2. The molecule has 6 N–H and O–H groups in total. The normalized spacial score (nSPS) is 31.4. The fraction of sp³-hybridized carbons (Fsp3) is 0.429. The predicted octanol–water partition coefficient (Wildman–Crippen LogP) is 0.785. The van der Waals surface area contributed by atoms with Crippen LogP contribution in [-0.4, -0.2) is 62.8 Å². The van der Waals surface area contributed by atoms with Crippen molar-refractivity contribution in [2.75, 3.05) is 14.1 Å². The van der Waals surface area contributed by atoms with E-state index in [-0.39, 0.29) is 39.9 Å². The molecule has 1 amide bonds. The monoisotopic (exact) mass is 400 g/mol. The first-order valence-corrected chi connectivity index (χ1v) is 9.47. The van der Waals surface area contributed by atoms with Gasteiger partial charge >= 0.3 is 0 Å². The van der Waals surface area contributed by atoms with Crippen molar-refractivity contribution in [3.05, 3.63) is 46.2 Å². The molecule has 4 rings (SSSR count). The Morgan fingerprint density at radius 2 is 1.93 bits per heavy atom. The number of Topliss-reactive ketones (excluding diaryl/α,β-unsaturated/α-hetero) is 1. The summed E-state index contributed by atoms with van der Waals surface area (Å²) in [7, 11) is 3.37. The van der Waals surface area contributed by atoms with Crippen LogP contribution in [0.15, 0.2) is 35.1 Å². The van der Waals surface area contributed by atoms with Crippen LogP contribution in [-0.2, 0) is 16.0 Å². The zero-order chi connectivity index (χ0) is 21.2. The molecule has 29 heavy (non-hydrogen) atoms. The molecule has 3 aliphatic rings. The number of nitrogens with two attached hydrogens (primary N) is 1. The number of ketones is 1. The average Bonchev–Trinajstić information content (AvgIpc) is 2.62. The van der Waals surface area contributed by atoms with E-state index in [1.807, 2.05) is 0 Å². The topological polar surface area (TPSA) is 144 Å². The summed E-state index contributed by atoms with van der Waals surface area (Å²) in [6, 6.07) is 4.11. The number of phenols is 1. The van der Waals surface area contributed by atoms with Crippen molar-refractivity contribution in [1.29, 1.82) is 0 Å². The number of amides is 1. The first-order chi connectivity index (χ1) is 13.6. The van der Waals surface area contributed by atoms with E-state index < -0.39 is 35.7 Å². The lowest BCUT2D eigenvalue weighted by atomic mass is 9.57. The molecule has 0 bridgehead atoms. The van der Waals surface area contributed by atoms with Crippen LogP contribution >= 0.6 is 0 Å². The molecule has 1 aromatic rings. The van der Waals surface area contributed by atoms with E-state index in [9.17, 15) is 30.0 Å². The molecule has 0 aliphatic heterocycles. The van der Waals surface area contributed by atoms with Gasteiger partial charge in [0.25, 0.3) is 0 Å². The summed E-state index contributed by atoms with van der Waals surface area (Å²) in [4.78, 5) is 27.0. The van der Waals surface area contributed by atoms with Gasteiger partial charge in [0, 0.05) is 17.9 Å². The van der Waals surface area contributed by atoms with Gasteiger partial charge in [0.2, 0.25) is 5.91 Å². The molecule has 1 aromatic carbocycles. The third-order valence-electron chi connectivity index (χ3n) is 6.56. The van der Waals surface area contributed by atoms with Crippen LogP contribution in [0.5, 0.6) is 5.75 Å². The molecule has 4 atom stereocenters. The summed E-state index contributed by atoms with van der Waals surface area (Å²) in [6.07, 6.45) is 0.309. The Hall–Kier alpha value is -2.84. The number of phenolic OH excluding ortho intramolecular Hbond substituents is 1. The molecular weight excluding hydrogens is 376 g/mol. The first-order valence-electron chi connectivity index (χ1n) is 9.47. The Labute approximate surface area is 167 Å². The maximum absolute atomic E-state index is 13.5. The lowest BCUT2D eigenvalue weighted by molar-refractivity contribution is -0.151. The summed E-state index contributed by atoms with van der Waals surface area (Å²) in [5.74, 6) is -3.37. The SMILES string of the molecule is CN(C)[C@@H]1C(O)=C(C(N)=O)C[C@@]2(O)C(=O)C3=C(O)c4c(O)cccc4C[C@H]3C[C@@H]12. The molecule has 0 heterocycles. The maximum Gasteiger partial charge on any atom is 0.248 e. The van der Waals surface area contributed by atoms with Crippen molar-refractivity contribution < 1.29 is 30.0 Å². The first kappa shape index (κ1) is 19.5. The van der Waals surface area contributed by atoms with Crippen LogP contribution in [0.2, 0.25) is 0 Å². The second-order valence-electron chi connectivity index (χ2n) is 8.38. The highest BCUT2D eigenvalue weighted by atomic mass is 16.3. The van der Waals surface area contributed by atoms with Crippen molar-refractivity contribution in [1.82, 2.24) is 4.90 Å². The Bertz CT molecular complexity index is 995. The van der Waals surface area contributed by atoms with Crippen molar-refractivity contribution in [3.8, 4) is 5.75 Å². The number of nitrogens with zero attached hydrogens (tertiary/aromatic N) is 1. The Balaban J connectivity index is 1.90. The highest BCUT2D eigenvalue weighted by molar-refractivity contribution is 6.10. The van der Waals surface area contributed by atoms with Crippen molar-refractivity contribution in [3.63, 3.8) is 0 Å². The van der Waals surface area contributed by atoms with E-state index in [0.717, 1.165) is 0 Å². The Morgan fingerprint density at radius 3 is 2.55 bits per heavy atom. The quantitative estimate of drug-likeness (QED) is 0.493. The fourth-order valence-corrected chi connectivity index (χ4v) is 5.27. The molecule has 0 saturated heterocycles. The van der Waals surface area contributed by atoms with E-state index in [4.69, 9.17) is 5.73 Å². The van der Waals surface area contributed by atoms with Crippen LogP contribution in [0.3, 0.4) is 0 Å². The summed E-state index contributed by atoms with van der Waals surface area (Å²) in [5.41, 5.74) is 4.18. The van der Waals surface area contributed by atoms with Gasteiger partial charge in [0.1, 0.15) is 22.9 Å². The maximum atomic E-state index is 13.5. The number of carbonyl (C=O) groups is 2. The lowest BCUT2D eigenvalue weighted by Crippen LogP contribution is -2.62. The number of likely N-dealkylation sites (N-methyl/N-ethyl adjacent to an activating group) is 1. The zero-order valence-corrected chi connectivity index (χ0v) is 16.2. The van der Waals surface area contributed by atoms with Gasteiger partial charge < -0.3 is 26.2 Å². The third kappa shape index (κ3) is 2.59. The van der Waals surface area contributed by atoms with Gasteiger partial charge in [-0.15, -0.1) is 0 Å². The van der Waals surface area contributed by atoms with Crippen LogP contribution < -0.4 is 5.73 Å². The minimum Gasteiger partial charge on any atom is -0.510 e. The van der Waals surface area contributed by atoms with Crippen molar-refractivity contribution in [2.45, 2.75) is 30.9 Å². The van der Waals surface area contributed by atoms with Gasteiger partial charge in [-0.1, -0.05) is 12.1 Å². The molecule has 8 heteroatoms. The van der Waals surface area contributed by atoms with Crippen molar-refractivity contribution >= 4 is 17.4 Å².